The number of nitrogens with zero attached hydrogens (tertiary/aromatic N) is 2. The van der Waals surface area contributed by atoms with Gasteiger partial charge >= 0.3 is 10.1 Å². The highest BCUT2D eigenvalue weighted by Crippen LogP contribution is 2.31. The Morgan fingerprint density at radius 1 is 1.09 bits per heavy atom. The molecule has 168 valence electrons. The molecule has 1 saturated carbocycles. The van der Waals surface area contributed by atoms with Crippen molar-refractivity contribution in [3.63, 3.8) is 0 Å². The summed E-state index contributed by atoms with van der Waals surface area (Å²) in [7, 11) is -3.98. The summed E-state index contributed by atoms with van der Waals surface area (Å²) in [6.07, 6.45) is 4.09. The van der Waals surface area contributed by atoms with E-state index in [1.54, 1.807) is 30.3 Å². The summed E-state index contributed by atoms with van der Waals surface area (Å²) < 4.78 is 30.9. The third-order valence-electron chi connectivity index (χ3n) is 6.12. The molecule has 2 N–H and O–H groups in total. The van der Waals surface area contributed by atoms with Crippen molar-refractivity contribution in [2.24, 2.45) is 11.8 Å². The molecule has 8 nitrogen and oxygen atoms in total. The van der Waals surface area contributed by atoms with Crippen LogP contribution < -0.4 is 14.4 Å². The molecule has 5 rings (SSSR count). The number of piperidine rings is 1. The Morgan fingerprint density at radius 3 is 2.50 bits per heavy atom. The quantitative estimate of drug-likeness (QED) is 0.547. The molecule has 2 fully saturated rings. The van der Waals surface area contributed by atoms with Crippen LogP contribution in [0.3, 0.4) is 0 Å². The Kier molecular flexibility index (Phi) is 5.28. The number of fused-ring (bicyclic) bond motifs is 1. The normalized spacial score (nSPS) is 17.5. The van der Waals surface area contributed by atoms with Gasteiger partial charge in [0.2, 0.25) is 11.9 Å². The molecule has 2 aliphatic rings. The fourth-order valence-corrected chi connectivity index (χ4v) is 4.85. The topological polar surface area (TPSA) is 104 Å². The van der Waals surface area contributed by atoms with Gasteiger partial charge in [0.1, 0.15) is 10.6 Å². The predicted octanol–water partition coefficient (Wildman–Crippen LogP) is 3.92. The number of carbonyl (C=O) groups excluding carboxylic acids is 1. The van der Waals surface area contributed by atoms with E-state index in [9.17, 15) is 13.2 Å². The Hall–Kier alpha value is -3.07. The second kappa shape index (κ2) is 8.12. The van der Waals surface area contributed by atoms with E-state index in [2.05, 4.69) is 27.1 Å². The van der Waals surface area contributed by atoms with Crippen molar-refractivity contribution in [2.45, 2.75) is 37.5 Å². The zero-order chi connectivity index (χ0) is 22.3. The average Bonchev–Trinajstić information content (AvgIpc) is 3.55. The summed E-state index contributed by atoms with van der Waals surface area (Å²) in [5.41, 5.74) is 2.22. The number of anilines is 2. The summed E-state index contributed by atoms with van der Waals surface area (Å²) in [6.45, 7) is 4.22. The van der Waals surface area contributed by atoms with Crippen molar-refractivity contribution in [1.29, 1.82) is 0 Å². The van der Waals surface area contributed by atoms with Gasteiger partial charge in [-0.3, -0.25) is 10.1 Å². The van der Waals surface area contributed by atoms with Crippen LogP contribution in [0.1, 0.15) is 32.6 Å². The van der Waals surface area contributed by atoms with Crippen molar-refractivity contribution in [3.8, 4) is 5.75 Å². The summed E-state index contributed by atoms with van der Waals surface area (Å²) in [5.74, 6) is 1.26. The van der Waals surface area contributed by atoms with Gasteiger partial charge < -0.3 is 14.1 Å². The predicted molar refractivity (Wildman–Crippen MR) is 122 cm³/mol. The van der Waals surface area contributed by atoms with Gasteiger partial charge in [-0.1, -0.05) is 6.92 Å². The molecule has 0 bridgehead atoms. The fourth-order valence-electron chi connectivity index (χ4n) is 3.93. The molecule has 2 heterocycles. The smallest absolute Gasteiger partial charge is 0.339 e. The van der Waals surface area contributed by atoms with Gasteiger partial charge in [0.05, 0.1) is 11.0 Å². The fraction of sp³-hybridized carbons (Fsp3) is 0.391. The van der Waals surface area contributed by atoms with E-state index in [1.807, 2.05) is 12.1 Å². The number of hydrogen-bond donors (Lipinski definition) is 2. The van der Waals surface area contributed by atoms with E-state index < -0.39 is 10.1 Å². The first-order valence-corrected chi connectivity index (χ1v) is 12.4. The minimum atomic E-state index is -3.98. The minimum Gasteiger partial charge on any atom is -0.379 e. The molecule has 1 aliphatic carbocycles. The molecule has 1 saturated heterocycles. The van der Waals surface area contributed by atoms with Gasteiger partial charge in [-0.15, -0.1) is 0 Å². The SMILES string of the molecule is CC1CCN(c2ccc(S(=O)(=O)Oc3ccc4[nH]c(NC(=O)C5CC5)nc4c3)cc2)CC1. The molecule has 0 atom stereocenters. The Morgan fingerprint density at radius 2 is 1.81 bits per heavy atom. The molecule has 0 unspecified atom stereocenters. The molecule has 1 aromatic heterocycles. The summed E-state index contributed by atoms with van der Waals surface area (Å²) in [5, 5.41) is 2.75. The monoisotopic (exact) mass is 454 g/mol. The zero-order valence-corrected chi connectivity index (χ0v) is 18.7. The highest BCUT2D eigenvalue weighted by molar-refractivity contribution is 7.87. The van der Waals surface area contributed by atoms with E-state index in [1.165, 1.54) is 0 Å². The van der Waals surface area contributed by atoms with Crippen LogP contribution in [0.15, 0.2) is 47.4 Å². The highest BCUT2D eigenvalue weighted by atomic mass is 32.2. The van der Waals surface area contributed by atoms with Crippen LogP contribution in [0.4, 0.5) is 11.6 Å². The molecule has 1 aliphatic heterocycles. The molecule has 0 radical (unpaired) electrons. The lowest BCUT2D eigenvalue weighted by Gasteiger charge is -2.32. The molecule has 9 heteroatoms. The first-order valence-electron chi connectivity index (χ1n) is 11.0. The van der Waals surface area contributed by atoms with Gasteiger partial charge in [-0.25, -0.2) is 4.98 Å². The summed E-state index contributed by atoms with van der Waals surface area (Å²) in [4.78, 5) is 21.7. The molecule has 2 aromatic carbocycles. The van der Waals surface area contributed by atoms with Crippen molar-refractivity contribution < 1.29 is 17.4 Å². The van der Waals surface area contributed by atoms with Crippen LogP contribution in [0.25, 0.3) is 11.0 Å². The lowest BCUT2D eigenvalue weighted by molar-refractivity contribution is -0.117. The second-order valence-corrected chi connectivity index (χ2v) is 10.3. The standard InChI is InChI=1S/C23H26N4O4S/c1-15-10-12-27(13-11-15)17-4-7-19(8-5-17)32(29,30)31-18-6-9-20-21(14-18)25-23(24-20)26-22(28)16-2-3-16/h4-9,14-16H,2-3,10-13H2,1H3,(H2,24,25,26,28). The number of benzene rings is 2. The maximum Gasteiger partial charge on any atom is 0.339 e. The van der Waals surface area contributed by atoms with Crippen LogP contribution in [-0.2, 0) is 14.9 Å². The number of amides is 1. The van der Waals surface area contributed by atoms with Crippen LogP contribution in [0, 0.1) is 11.8 Å². The lowest BCUT2D eigenvalue weighted by atomic mass is 9.99. The molecule has 0 spiro atoms. The largest absolute Gasteiger partial charge is 0.379 e. The van der Waals surface area contributed by atoms with Crippen LogP contribution >= 0.6 is 0 Å². The average molecular weight is 455 g/mol. The number of H-pyrrole nitrogens is 1. The first-order chi connectivity index (χ1) is 15.4. The molecular weight excluding hydrogens is 428 g/mol. The van der Waals surface area contributed by atoms with E-state index in [4.69, 9.17) is 4.18 Å². The molecular formula is C23H26N4O4S. The molecule has 1 amide bonds. The number of nitrogens with one attached hydrogen (secondary N) is 2. The van der Waals surface area contributed by atoms with Crippen molar-refractivity contribution in [1.82, 2.24) is 9.97 Å². The maximum atomic E-state index is 12.8. The Bertz CT molecular complexity index is 1240. The second-order valence-electron chi connectivity index (χ2n) is 8.73. The first kappa shape index (κ1) is 20.8. The number of aromatic amines is 1. The summed E-state index contributed by atoms with van der Waals surface area (Å²) >= 11 is 0. The number of imidazole rings is 1. The maximum absolute atomic E-state index is 12.8. The van der Waals surface area contributed by atoms with Crippen LogP contribution in [0.5, 0.6) is 5.75 Å². The zero-order valence-electron chi connectivity index (χ0n) is 17.9. The van der Waals surface area contributed by atoms with Gasteiger partial charge in [-0.05, 0) is 68.0 Å². The van der Waals surface area contributed by atoms with Gasteiger partial charge in [0.25, 0.3) is 0 Å². The minimum absolute atomic E-state index is 0.0504. The van der Waals surface area contributed by atoms with Crippen LogP contribution in [0.2, 0.25) is 0 Å². The summed E-state index contributed by atoms with van der Waals surface area (Å²) in [6, 6.07) is 11.6. The van der Waals surface area contributed by atoms with Gasteiger partial charge in [-0.2, -0.15) is 8.42 Å². The van der Waals surface area contributed by atoms with E-state index >= 15 is 0 Å². The van der Waals surface area contributed by atoms with E-state index in [0.717, 1.165) is 50.4 Å². The third kappa shape index (κ3) is 4.43. The third-order valence-corrected chi connectivity index (χ3v) is 7.39. The Balaban J connectivity index is 1.29. The van der Waals surface area contributed by atoms with Crippen molar-refractivity contribution >= 4 is 38.7 Å². The van der Waals surface area contributed by atoms with Crippen molar-refractivity contribution in [3.05, 3.63) is 42.5 Å². The number of rotatable bonds is 6. The van der Waals surface area contributed by atoms with E-state index in [-0.39, 0.29) is 22.5 Å². The van der Waals surface area contributed by atoms with E-state index in [0.29, 0.717) is 17.0 Å². The lowest BCUT2D eigenvalue weighted by Crippen LogP contribution is -2.32. The van der Waals surface area contributed by atoms with Crippen LogP contribution in [-0.4, -0.2) is 37.4 Å². The van der Waals surface area contributed by atoms with Gasteiger partial charge in [0, 0.05) is 30.8 Å². The number of hydrogen-bond acceptors (Lipinski definition) is 6. The highest BCUT2D eigenvalue weighted by Gasteiger charge is 2.30. The van der Waals surface area contributed by atoms with Crippen molar-refractivity contribution in [2.75, 3.05) is 23.3 Å². The Labute approximate surface area is 187 Å². The van der Waals surface area contributed by atoms with Gasteiger partial charge in [0.15, 0.2) is 0 Å². The number of carbonyl (C=O) groups is 1. The molecule has 3 aromatic rings. The number of aromatic nitrogens is 2. The molecule has 32 heavy (non-hydrogen) atoms.